The minimum atomic E-state index is -0.0708. The Kier molecular flexibility index (Phi) is 3.29. The largest absolute Gasteiger partial charge is 0.328 e. The maximum atomic E-state index is 13.1. The van der Waals surface area contributed by atoms with Crippen LogP contribution in [-0.2, 0) is 0 Å². The zero-order valence-electron chi connectivity index (χ0n) is 12.8. The summed E-state index contributed by atoms with van der Waals surface area (Å²) in [7, 11) is 0. The maximum absolute atomic E-state index is 13.1. The van der Waals surface area contributed by atoms with Crippen LogP contribution in [0.15, 0.2) is 24.8 Å². The number of H-pyrrole nitrogens is 1. The molecule has 1 amide bonds. The fourth-order valence-electron chi connectivity index (χ4n) is 3.10. The van der Waals surface area contributed by atoms with E-state index in [-0.39, 0.29) is 11.9 Å². The zero-order chi connectivity index (χ0) is 15.8. The molecule has 1 aliphatic rings. The van der Waals surface area contributed by atoms with Crippen LogP contribution < -0.4 is 0 Å². The lowest BCUT2D eigenvalue weighted by Crippen LogP contribution is -2.39. The summed E-state index contributed by atoms with van der Waals surface area (Å²) in [5.74, 6) is 0.679. The van der Waals surface area contributed by atoms with Crippen molar-refractivity contribution in [2.75, 3.05) is 6.54 Å². The summed E-state index contributed by atoms with van der Waals surface area (Å²) >= 11 is 0. The van der Waals surface area contributed by atoms with Crippen molar-refractivity contribution in [3.05, 3.63) is 41.9 Å². The predicted octanol–water partition coefficient (Wildman–Crippen LogP) is 1.52. The molecule has 4 heterocycles. The van der Waals surface area contributed by atoms with Gasteiger partial charge in [0.1, 0.15) is 17.7 Å². The highest BCUT2D eigenvalue weighted by atomic mass is 16.2. The number of likely N-dealkylation sites (tertiary alicyclic amines) is 1. The van der Waals surface area contributed by atoms with Crippen LogP contribution in [0.5, 0.6) is 0 Å². The molecule has 118 valence electrons. The second kappa shape index (κ2) is 5.45. The van der Waals surface area contributed by atoms with Crippen molar-refractivity contribution >= 4 is 11.6 Å². The van der Waals surface area contributed by atoms with Gasteiger partial charge in [0, 0.05) is 18.4 Å². The van der Waals surface area contributed by atoms with E-state index in [1.807, 2.05) is 24.1 Å². The van der Waals surface area contributed by atoms with Crippen LogP contribution in [0.3, 0.4) is 0 Å². The Bertz CT molecular complexity index is 839. The normalized spacial score (nSPS) is 18.5. The molecule has 1 atom stereocenters. The molecule has 23 heavy (non-hydrogen) atoms. The Morgan fingerprint density at radius 2 is 2.30 bits per heavy atom. The van der Waals surface area contributed by atoms with Gasteiger partial charge < -0.3 is 4.90 Å². The quantitative estimate of drug-likeness (QED) is 0.774. The summed E-state index contributed by atoms with van der Waals surface area (Å²) in [5.41, 5.74) is 1.98. The molecule has 0 bridgehead atoms. The molecule has 1 N–H and O–H groups in total. The lowest BCUT2D eigenvalue weighted by atomic mass is 10.0. The van der Waals surface area contributed by atoms with Gasteiger partial charge in [0.05, 0.1) is 12.2 Å². The number of aryl methyl sites for hydroxylation is 1. The lowest BCUT2D eigenvalue weighted by molar-refractivity contribution is 0.0602. The number of nitrogens with one attached hydrogen (secondary N) is 1. The summed E-state index contributed by atoms with van der Waals surface area (Å²) in [6.45, 7) is 2.60. The molecule has 1 saturated heterocycles. The first-order valence-corrected chi connectivity index (χ1v) is 7.71. The minimum absolute atomic E-state index is 0.0563. The molecule has 4 rings (SSSR count). The number of nitrogens with zero attached hydrogens (tertiary/aromatic N) is 6. The number of amides is 1. The highest BCUT2D eigenvalue weighted by Crippen LogP contribution is 2.30. The first-order valence-electron chi connectivity index (χ1n) is 7.71. The van der Waals surface area contributed by atoms with Gasteiger partial charge in [0.2, 0.25) is 0 Å². The zero-order valence-corrected chi connectivity index (χ0v) is 12.8. The standard InChI is InChI=1S/C15H17N7O/c1-10-5-7-22-14(19-10)11(8-18-22)15(23)21-6-3-2-4-12(21)13-16-9-17-20-13/h5,7-9,12H,2-4,6H2,1H3,(H,16,17,20)/t12-/m1/s1. The van der Waals surface area contributed by atoms with E-state index in [0.29, 0.717) is 17.8 Å². The van der Waals surface area contributed by atoms with Gasteiger partial charge in [-0.25, -0.2) is 14.5 Å². The van der Waals surface area contributed by atoms with Gasteiger partial charge in [-0.05, 0) is 32.3 Å². The molecule has 0 aromatic carbocycles. The van der Waals surface area contributed by atoms with Crippen molar-refractivity contribution in [1.29, 1.82) is 0 Å². The third-order valence-electron chi connectivity index (χ3n) is 4.25. The van der Waals surface area contributed by atoms with Gasteiger partial charge in [-0.2, -0.15) is 10.2 Å². The minimum Gasteiger partial charge on any atom is -0.328 e. The summed E-state index contributed by atoms with van der Waals surface area (Å²) in [4.78, 5) is 23.6. The summed E-state index contributed by atoms with van der Waals surface area (Å²) in [5, 5.41) is 11.0. The first kappa shape index (κ1) is 13.9. The molecule has 8 nitrogen and oxygen atoms in total. The van der Waals surface area contributed by atoms with Gasteiger partial charge in [-0.15, -0.1) is 0 Å². The molecule has 0 spiro atoms. The fourth-order valence-corrected chi connectivity index (χ4v) is 3.10. The Hall–Kier alpha value is -2.77. The molecule has 1 fully saturated rings. The Labute approximate surface area is 132 Å². The highest BCUT2D eigenvalue weighted by Gasteiger charge is 2.32. The fraction of sp³-hybridized carbons (Fsp3) is 0.400. The van der Waals surface area contributed by atoms with Crippen LogP contribution in [0.1, 0.15) is 47.2 Å². The van der Waals surface area contributed by atoms with Crippen LogP contribution in [0, 0.1) is 6.92 Å². The van der Waals surface area contributed by atoms with E-state index in [0.717, 1.165) is 30.8 Å². The number of carbonyl (C=O) groups excluding carboxylic acids is 1. The molecule has 0 saturated carbocycles. The van der Waals surface area contributed by atoms with Gasteiger partial charge in [-0.3, -0.25) is 9.89 Å². The summed E-state index contributed by atoms with van der Waals surface area (Å²) < 4.78 is 1.63. The third kappa shape index (κ3) is 2.36. The summed E-state index contributed by atoms with van der Waals surface area (Å²) in [6, 6.07) is 1.80. The lowest BCUT2D eigenvalue weighted by Gasteiger charge is -2.34. The molecule has 1 aliphatic heterocycles. The van der Waals surface area contributed by atoms with E-state index in [1.54, 1.807) is 10.7 Å². The van der Waals surface area contributed by atoms with Crippen LogP contribution in [-0.4, -0.2) is 47.1 Å². The number of fused-ring (bicyclic) bond motifs is 1. The SMILES string of the molecule is Cc1ccn2ncc(C(=O)N3CCCC[C@@H]3c3ncn[nH]3)c2n1. The van der Waals surface area contributed by atoms with Gasteiger partial charge in [-0.1, -0.05) is 0 Å². The molecule has 0 radical (unpaired) electrons. The van der Waals surface area contributed by atoms with E-state index in [1.165, 1.54) is 6.33 Å². The maximum Gasteiger partial charge on any atom is 0.259 e. The second-order valence-electron chi connectivity index (χ2n) is 5.78. The van der Waals surface area contributed by atoms with Gasteiger partial charge in [0.15, 0.2) is 5.65 Å². The first-order chi connectivity index (χ1) is 11.2. The number of piperidine rings is 1. The predicted molar refractivity (Wildman–Crippen MR) is 81.7 cm³/mol. The molecule has 8 heteroatoms. The Morgan fingerprint density at radius 1 is 1.39 bits per heavy atom. The molecular weight excluding hydrogens is 294 g/mol. The highest BCUT2D eigenvalue weighted by molar-refractivity contribution is 5.99. The van der Waals surface area contributed by atoms with Crippen LogP contribution in [0.2, 0.25) is 0 Å². The molecule has 0 unspecified atom stereocenters. The Balaban J connectivity index is 1.72. The number of aromatic nitrogens is 6. The Morgan fingerprint density at radius 3 is 3.13 bits per heavy atom. The van der Waals surface area contributed by atoms with Crippen LogP contribution >= 0.6 is 0 Å². The van der Waals surface area contributed by atoms with Crippen molar-refractivity contribution in [3.63, 3.8) is 0 Å². The van der Waals surface area contributed by atoms with Crippen molar-refractivity contribution < 1.29 is 4.79 Å². The number of rotatable bonds is 2. The second-order valence-corrected chi connectivity index (χ2v) is 5.78. The van der Waals surface area contributed by atoms with Crippen LogP contribution in [0.25, 0.3) is 5.65 Å². The molecule has 0 aliphatic carbocycles. The molecular formula is C15H17N7O. The third-order valence-corrected chi connectivity index (χ3v) is 4.25. The van der Waals surface area contributed by atoms with Crippen molar-refractivity contribution in [1.82, 2.24) is 34.7 Å². The van der Waals surface area contributed by atoms with Crippen molar-refractivity contribution in [2.24, 2.45) is 0 Å². The van der Waals surface area contributed by atoms with Crippen LogP contribution in [0.4, 0.5) is 0 Å². The van der Waals surface area contributed by atoms with Gasteiger partial charge >= 0.3 is 0 Å². The topological polar surface area (TPSA) is 92.1 Å². The molecule has 3 aromatic rings. The number of carbonyl (C=O) groups is 1. The van der Waals surface area contributed by atoms with Crippen molar-refractivity contribution in [2.45, 2.75) is 32.2 Å². The van der Waals surface area contributed by atoms with E-state index in [4.69, 9.17) is 0 Å². The number of hydrogen-bond acceptors (Lipinski definition) is 5. The van der Waals surface area contributed by atoms with E-state index < -0.39 is 0 Å². The summed E-state index contributed by atoms with van der Waals surface area (Å²) in [6.07, 6.45) is 7.83. The number of hydrogen-bond donors (Lipinski definition) is 1. The van der Waals surface area contributed by atoms with E-state index in [9.17, 15) is 4.79 Å². The average Bonchev–Trinajstić information content (AvgIpc) is 3.23. The average molecular weight is 311 g/mol. The number of aromatic amines is 1. The van der Waals surface area contributed by atoms with E-state index >= 15 is 0 Å². The monoisotopic (exact) mass is 311 g/mol. The van der Waals surface area contributed by atoms with Gasteiger partial charge in [0.25, 0.3) is 5.91 Å². The van der Waals surface area contributed by atoms with E-state index in [2.05, 4.69) is 25.3 Å². The smallest absolute Gasteiger partial charge is 0.259 e. The van der Waals surface area contributed by atoms with Crippen molar-refractivity contribution in [3.8, 4) is 0 Å². The molecule has 3 aromatic heterocycles.